The highest BCUT2D eigenvalue weighted by Gasteiger charge is 2.22. The number of benzene rings is 3. The van der Waals surface area contributed by atoms with Crippen LogP contribution in [0.15, 0.2) is 60.7 Å². The summed E-state index contributed by atoms with van der Waals surface area (Å²) in [5.74, 6) is 2.33. The minimum atomic E-state index is 0.422. The van der Waals surface area contributed by atoms with Crippen LogP contribution in [0.25, 0.3) is 22.3 Å². The minimum Gasteiger partial charge on any atom is -0.494 e. The maximum Gasteiger partial charge on any atom is 0.119 e. The number of nitrogens with zero attached hydrogens (tertiary/aromatic N) is 2. The third kappa shape index (κ3) is 6.65. The second-order valence-electron chi connectivity index (χ2n) is 10.6. The molecule has 0 heterocycles. The third-order valence-electron chi connectivity index (χ3n) is 8.16. The van der Waals surface area contributed by atoms with Gasteiger partial charge in [0, 0.05) is 11.1 Å². The largest absolute Gasteiger partial charge is 0.494 e. The molecule has 1 aliphatic rings. The molecule has 0 saturated heterocycles. The Hall–Kier alpha value is -3.56. The molecule has 3 aromatic carbocycles. The molecule has 0 atom stereocenters. The van der Waals surface area contributed by atoms with Crippen LogP contribution in [0.1, 0.15) is 101 Å². The molecule has 0 aromatic heterocycles. The summed E-state index contributed by atoms with van der Waals surface area (Å²) < 4.78 is 5.54. The number of rotatable bonds is 11. The van der Waals surface area contributed by atoms with Crippen molar-refractivity contribution in [2.24, 2.45) is 5.92 Å². The quantitative estimate of drug-likeness (QED) is 0.244. The molecule has 0 radical (unpaired) electrons. The fraction of sp³-hybridized carbons (Fsp3) is 0.429. The molecule has 0 amide bonds. The summed E-state index contributed by atoms with van der Waals surface area (Å²) >= 11 is 0. The number of hydrogen-bond donors (Lipinski definition) is 0. The normalized spacial score (nSPS) is 16.9. The Morgan fingerprint density at radius 2 is 1.24 bits per heavy atom. The second kappa shape index (κ2) is 13.8. The highest BCUT2D eigenvalue weighted by molar-refractivity contribution is 5.82. The maximum absolute atomic E-state index is 10.0. The molecule has 1 saturated carbocycles. The van der Waals surface area contributed by atoms with Gasteiger partial charge < -0.3 is 4.74 Å². The van der Waals surface area contributed by atoms with Crippen molar-refractivity contribution in [1.29, 1.82) is 10.5 Å². The van der Waals surface area contributed by atoms with Crippen LogP contribution in [0, 0.1) is 28.6 Å². The van der Waals surface area contributed by atoms with E-state index >= 15 is 0 Å². The van der Waals surface area contributed by atoms with Gasteiger partial charge >= 0.3 is 0 Å². The lowest BCUT2D eigenvalue weighted by Gasteiger charge is -2.29. The highest BCUT2D eigenvalue weighted by Crippen LogP contribution is 2.39. The van der Waals surface area contributed by atoms with Crippen LogP contribution in [0.4, 0.5) is 0 Å². The van der Waals surface area contributed by atoms with Crippen molar-refractivity contribution in [3.05, 3.63) is 77.4 Å². The topological polar surface area (TPSA) is 56.8 Å². The smallest absolute Gasteiger partial charge is 0.119 e. The van der Waals surface area contributed by atoms with Gasteiger partial charge in [0.1, 0.15) is 17.9 Å². The Balaban J connectivity index is 1.45. The Morgan fingerprint density at radius 3 is 1.76 bits per heavy atom. The van der Waals surface area contributed by atoms with Crippen LogP contribution in [0.5, 0.6) is 5.75 Å². The van der Waals surface area contributed by atoms with Gasteiger partial charge in [-0.1, -0.05) is 94.0 Å². The van der Waals surface area contributed by atoms with E-state index in [1.165, 1.54) is 69.8 Å². The molecule has 1 aliphatic carbocycles. The number of ether oxygens (including phenoxy) is 1. The lowest BCUT2D eigenvalue weighted by molar-refractivity contribution is 0.302. The van der Waals surface area contributed by atoms with E-state index in [0.717, 1.165) is 33.9 Å². The van der Waals surface area contributed by atoms with Crippen molar-refractivity contribution in [2.75, 3.05) is 6.61 Å². The Bertz CT molecular complexity index is 1250. The van der Waals surface area contributed by atoms with E-state index in [2.05, 4.69) is 43.3 Å². The first-order valence-corrected chi connectivity index (χ1v) is 14.5. The van der Waals surface area contributed by atoms with Crippen LogP contribution >= 0.6 is 0 Å². The zero-order chi connectivity index (χ0) is 26.7. The van der Waals surface area contributed by atoms with E-state index in [-0.39, 0.29) is 0 Å². The Kier molecular flexibility index (Phi) is 10.0. The van der Waals surface area contributed by atoms with Gasteiger partial charge in [0.05, 0.1) is 17.7 Å². The molecule has 38 heavy (non-hydrogen) atoms. The predicted octanol–water partition coefficient (Wildman–Crippen LogP) is 9.80. The van der Waals surface area contributed by atoms with Crippen LogP contribution in [0.2, 0.25) is 0 Å². The number of nitriles is 2. The van der Waals surface area contributed by atoms with Crippen molar-refractivity contribution < 1.29 is 4.74 Å². The summed E-state index contributed by atoms with van der Waals surface area (Å²) in [6, 6.07) is 25.0. The number of unbranched alkanes of at least 4 members (excludes halogenated alkanes) is 4. The fourth-order valence-electron chi connectivity index (χ4n) is 5.97. The van der Waals surface area contributed by atoms with Gasteiger partial charge in [-0.15, -0.1) is 0 Å². The van der Waals surface area contributed by atoms with Crippen LogP contribution in [0.3, 0.4) is 0 Å². The molecule has 0 unspecified atom stereocenters. The molecule has 3 heteroatoms. The first-order valence-electron chi connectivity index (χ1n) is 14.5. The molecule has 3 aromatic rings. The molecule has 3 nitrogen and oxygen atoms in total. The molecular formula is C35H40N2O. The maximum atomic E-state index is 10.0. The number of hydrogen-bond acceptors (Lipinski definition) is 3. The van der Waals surface area contributed by atoms with E-state index < -0.39 is 0 Å². The summed E-state index contributed by atoms with van der Waals surface area (Å²) in [4.78, 5) is 0. The van der Waals surface area contributed by atoms with Crippen LogP contribution in [-0.2, 0) is 0 Å². The fourth-order valence-corrected chi connectivity index (χ4v) is 5.97. The lowest BCUT2D eigenvalue weighted by Crippen LogP contribution is -2.13. The van der Waals surface area contributed by atoms with E-state index in [1.54, 1.807) is 0 Å². The zero-order valence-electron chi connectivity index (χ0n) is 23.0. The highest BCUT2D eigenvalue weighted by atomic mass is 16.5. The summed E-state index contributed by atoms with van der Waals surface area (Å²) in [7, 11) is 0. The summed E-state index contributed by atoms with van der Waals surface area (Å²) in [5.41, 5.74) is 5.74. The summed E-state index contributed by atoms with van der Waals surface area (Å²) in [6.07, 6.45) is 13.5. The van der Waals surface area contributed by atoms with E-state index in [9.17, 15) is 10.5 Å². The molecule has 0 spiro atoms. The van der Waals surface area contributed by atoms with Crippen molar-refractivity contribution >= 4 is 0 Å². The van der Waals surface area contributed by atoms with Crippen LogP contribution < -0.4 is 4.74 Å². The minimum absolute atomic E-state index is 0.422. The zero-order valence-corrected chi connectivity index (χ0v) is 23.0. The Morgan fingerprint density at radius 1 is 0.684 bits per heavy atom. The summed E-state index contributed by atoms with van der Waals surface area (Å²) in [6.45, 7) is 4.84. The van der Waals surface area contributed by atoms with Gasteiger partial charge in [0.2, 0.25) is 0 Å². The van der Waals surface area contributed by atoms with Crippen molar-refractivity contribution in [3.63, 3.8) is 0 Å². The van der Waals surface area contributed by atoms with E-state index in [1.807, 2.05) is 43.3 Å². The monoisotopic (exact) mass is 504 g/mol. The summed E-state index contributed by atoms with van der Waals surface area (Å²) in [5, 5.41) is 20.0. The molecule has 0 aliphatic heterocycles. The first-order chi connectivity index (χ1) is 18.7. The van der Waals surface area contributed by atoms with Crippen molar-refractivity contribution in [1.82, 2.24) is 0 Å². The third-order valence-corrected chi connectivity index (χ3v) is 8.16. The van der Waals surface area contributed by atoms with Gasteiger partial charge in [-0.25, -0.2) is 0 Å². The average Bonchev–Trinajstić information content (AvgIpc) is 2.97. The molecular weight excluding hydrogens is 464 g/mol. The predicted molar refractivity (Wildman–Crippen MR) is 156 cm³/mol. The van der Waals surface area contributed by atoms with Gasteiger partial charge in [-0.3, -0.25) is 0 Å². The molecule has 1 fully saturated rings. The van der Waals surface area contributed by atoms with E-state index in [0.29, 0.717) is 23.7 Å². The SMILES string of the molecule is CCCCCCCC1CCC(c2ccc(-c3ccc(-c4ccc(OCC)cc4)c(C#N)c3C#N)cc2)CC1. The van der Waals surface area contributed by atoms with E-state index in [4.69, 9.17) is 4.74 Å². The van der Waals surface area contributed by atoms with Gasteiger partial charge in [0.25, 0.3) is 0 Å². The molecule has 196 valence electrons. The van der Waals surface area contributed by atoms with Gasteiger partial charge in [-0.2, -0.15) is 10.5 Å². The standard InChI is InChI=1S/C35H40N2O/c1-3-5-6-7-8-9-26-10-12-27(13-11-26)28-14-16-29(17-15-28)32-22-23-33(35(25-37)34(32)24-36)30-18-20-31(21-19-30)38-4-2/h14-23,26-27H,3-13H2,1-2H3. The van der Waals surface area contributed by atoms with Gasteiger partial charge in [0.15, 0.2) is 0 Å². The van der Waals surface area contributed by atoms with Gasteiger partial charge in [-0.05, 0) is 73.3 Å². The lowest BCUT2D eigenvalue weighted by atomic mass is 9.77. The molecule has 0 bridgehead atoms. The van der Waals surface area contributed by atoms with Crippen molar-refractivity contribution in [3.8, 4) is 40.1 Å². The average molecular weight is 505 g/mol. The molecule has 4 rings (SSSR count). The molecule has 0 N–H and O–H groups in total. The second-order valence-corrected chi connectivity index (χ2v) is 10.6. The van der Waals surface area contributed by atoms with Crippen LogP contribution in [-0.4, -0.2) is 6.61 Å². The Labute approximate surface area is 229 Å². The first kappa shape index (κ1) is 27.5. The van der Waals surface area contributed by atoms with Crippen molar-refractivity contribution in [2.45, 2.75) is 84.0 Å².